The average Bonchev–Trinajstić information content (AvgIpc) is 2.35. The highest BCUT2D eigenvalue weighted by molar-refractivity contribution is 5.87. The second-order valence-corrected chi connectivity index (χ2v) is 5.59. The molecule has 3 unspecified atom stereocenters. The Morgan fingerprint density at radius 1 is 1.42 bits per heavy atom. The van der Waals surface area contributed by atoms with Gasteiger partial charge in [-0.15, -0.1) is 12.4 Å². The lowest BCUT2D eigenvalue weighted by Gasteiger charge is -2.33. The summed E-state index contributed by atoms with van der Waals surface area (Å²) in [6, 6.07) is 0.209. The van der Waals surface area contributed by atoms with E-state index in [2.05, 4.69) is 17.6 Å². The number of likely N-dealkylation sites (tertiary alicyclic amines) is 1. The van der Waals surface area contributed by atoms with Crippen molar-refractivity contribution >= 4 is 24.2 Å². The zero-order valence-corrected chi connectivity index (χ0v) is 12.5. The molecule has 2 aliphatic rings. The Labute approximate surface area is 120 Å². The van der Waals surface area contributed by atoms with Crippen molar-refractivity contribution in [3.8, 4) is 0 Å². The normalized spacial score (nSPS) is 31.6. The Bertz CT molecular complexity index is 338. The summed E-state index contributed by atoms with van der Waals surface area (Å²) in [7, 11) is 1.80. The van der Waals surface area contributed by atoms with Gasteiger partial charge < -0.3 is 15.5 Å². The lowest BCUT2D eigenvalue weighted by molar-refractivity contribution is -0.139. The summed E-state index contributed by atoms with van der Waals surface area (Å²) in [5.74, 6) is 0.508. The quantitative estimate of drug-likeness (QED) is 0.773. The summed E-state index contributed by atoms with van der Waals surface area (Å²) in [4.78, 5) is 25.5. The fourth-order valence-corrected chi connectivity index (χ4v) is 2.65. The van der Waals surface area contributed by atoms with Gasteiger partial charge >= 0.3 is 0 Å². The molecule has 0 spiro atoms. The van der Waals surface area contributed by atoms with Gasteiger partial charge in [-0.1, -0.05) is 6.92 Å². The van der Waals surface area contributed by atoms with Gasteiger partial charge in [0.15, 0.2) is 0 Å². The fraction of sp³-hybridized carbons (Fsp3) is 0.846. The van der Waals surface area contributed by atoms with Crippen LogP contribution in [0.5, 0.6) is 0 Å². The molecule has 0 aliphatic carbocycles. The van der Waals surface area contributed by atoms with Gasteiger partial charge in [0.2, 0.25) is 11.8 Å². The third-order valence-corrected chi connectivity index (χ3v) is 4.19. The van der Waals surface area contributed by atoms with Crippen LogP contribution < -0.4 is 10.6 Å². The third-order valence-electron chi connectivity index (χ3n) is 4.19. The van der Waals surface area contributed by atoms with Crippen molar-refractivity contribution in [1.29, 1.82) is 0 Å². The Balaban J connectivity index is 0.00000180. The molecule has 2 aliphatic heterocycles. The molecular weight excluding hydrogens is 266 g/mol. The van der Waals surface area contributed by atoms with Crippen LogP contribution in [0.2, 0.25) is 0 Å². The van der Waals surface area contributed by atoms with Crippen molar-refractivity contribution in [2.24, 2.45) is 11.8 Å². The van der Waals surface area contributed by atoms with Crippen LogP contribution in [0.25, 0.3) is 0 Å². The molecule has 0 saturated carbocycles. The number of piperidine rings is 2. The molecule has 2 amide bonds. The first kappa shape index (κ1) is 16.2. The van der Waals surface area contributed by atoms with Crippen molar-refractivity contribution < 1.29 is 9.59 Å². The van der Waals surface area contributed by atoms with Crippen molar-refractivity contribution in [2.75, 3.05) is 26.7 Å². The van der Waals surface area contributed by atoms with E-state index >= 15 is 0 Å². The van der Waals surface area contributed by atoms with Crippen LogP contribution >= 0.6 is 12.4 Å². The number of hydrogen-bond donors (Lipinski definition) is 2. The number of carbonyl (C=O) groups excluding carboxylic acids is 2. The molecule has 2 heterocycles. The second-order valence-electron chi connectivity index (χ2n) is 5.59. The minimum atomic E-state index is -0.136. The standard InChI is InChI=1S/C13H23N3O2.ClH/c1-9-3-5-14-8-11(9)15-13(18)10-4-6-16(2)12(17)7-10;/h9-11,14H,3-8H2,1-2H3,(H,15,18);1H. The number of halogens is 1. The highest BCUT2D eigenvalue weighted by atomic mass is 35.5. The minimum absolute atomic E-state index is 0. The zero-order valence-electron chi connectivity index (χ0n) is 11.6. The van der Waals surface area contributed by atoms with E-state index in [9.17, 15) is 9.59 Å². The number of nitrogens with one attached hydrogen (secondary N) is 2. The van der Waals surface area contributed by atoms with E-state index in [0.29, 0.717) is 18.9 Å². The molecule has 3 atom stereocenters. The molecule has 0 radical (unpaired) electrons. The van der Waals surface area contributed by atoms with Crippen LogP contribution in [-0.2, 0) is 9.59 Å². The first-order valence-corrected chi connectivity index (χ1v) is 6.83. The van der Waals surface area contributed by atoms with E-state index in [-0.39, 0.29) is 36.2 Å². The lowest BCUT2D eigenvalue weighted by atomic mass is 9.92. The summed E-state index contributed by atoms with van der Waals surface area (Å²) in [5, 5.41) is 6.40. The predicted octanol–water partition coefficient (Wildman–Crippen LogP) is 0.391. The van der Waals surface area contributed by atoms with Crippen LogP contribution in [0.1, 0.15) is 26.2 Å². The maximum atomic E-state index is 12.2. The molecule has 0 aromatic heterocycles. The first-order chi connectivity index (χ1) is 8.58. The lowest BCUT2D eigenvalue weighted by Crippen LogP contribution is -2.52. The van der Waals surface area contributed by atoms with Crippen LogP contribution in [0.4, 0.5) is 0 Å². The molecule has 5 nitrogen and oxygen atoms in total. The van der Waals surface area contributed by atoms with Gasteiger partial charge in [0, 0.05) is 38.5 Å². The zero-order chi connectivity index (χ0) is 13.1. The van der Waals surface area contributed by atoms with E-state index in [4.69, 9.17) is 0 Å². The highest BCUT2D eigenvalue weighted by Crippen LogP contribution is 2.19. The molecule has 6 heteroatoms. The minimum Gasteiger partial charge on any atom is -0.352 e. The Morgan fingerprint density at radius 2 is 2.16 bits per heavy atom. The number of amides is 2. The summed E-state index contributed by atoms with van der Waals surface area (Å²) in [6.45, 7) is 4.73. The average molecular weight is 290 g/mol. The van der Waals surface area contributed by atoms with Crippen molar-refractivity contribution in [1.82, 2.24) is 15.5 Å². The van der Waals surface area contributed by atoms with Gasteiger partial charge in [-0.05, 0) is 25.3 Å². The SMILES string of the molecule is CC1CCNCC1NC(=O)C1CCN(C)C(=O)C1.Cl. The molecule has 2 fully saturated rings. The molecule has 0 aromatic carbocycles. The molecule has 110 valence electrons. The van der Waals surface area contributed by atoms with Crippen molar-refractivity contribution in [3.63, 3.8) is 0 Å². The Morgan fingerprint density at radius 3 is 2.79 bits per heavy atom. The van der Waals surface area contributed by atoms with Crippen molar-refractivity contribution in [2.45, 2.75) is 32.2 Å². The highest BCUT2D eigenvalue weighted by Gasteiger charge is 2.31. The Kier molecular flexibility index (Phi) is 6.07. The molecule has 0 aromatic rings. The van der Waals surface area contributed by atoms with Crippen LogP contribution in [0.3, 0.4) is 0 Å². The van der Waals surface area contributed by atoms with Gasteiger partial charge in [-0.3, -0.25) is 9.59 Å². The molecule has 2 saturated heterocycles. The van der Waals surface area contributed by atoms with Gasteiger partial charge in [0.1, 0.15) is 0 Å². The monoisotopic (exact) mass is 289 g/mol. The van der Waals surface area contributed by atoms with E-state index in [1.807, 2.05) is 0 Å². The van der Waals surface area contributed by atoms with Gasteiger partial charge in [0.25, 0.3) is 0 Å². The Hall–Kier alpha value is -0.810. The smallest absolute Gasteiger partial charge is 0.223 e. The number of rotatable bonds is 2. The fourth-order valence-electron chi connectivity index (χ4n) is 2.65. The van der Waals surface area contributed by atoms with Crippen molar-refractivity contribution in [3.05, 3.63) is 0 Å². The van der Waals surface area contributed by atoms with E-state index in [1.165, 1.54) is 0 Å². The molecular formula is C13H24ClN3O2. The van der Waals surface area contributed by atoms with Crippen LogP contribution in [0, 0.1) is 11.8 Å². The number of nitrogens with zero attached hydrogens (tertiary/aromatic N) is 1. The van der Waals surface area contributed by atoms with E-state index < -0.39 is 0 Å². The maximum absolute atomic E-state index is 12.2. The van der Waals surface area contributed by atoms with Gasteiger partial charge in [0.05, 0.1) is 0 Å². The largest absolute Gasteiger partial charge is 0.352 e. The van der Waals surface area contributed by atoms with Crippen LogP contribution in [0.15, 0.2) is 0 Å². The van der Waals surface area contributed by atoms with Gasteiger partial charge in [-0.25, -0.2) is 0 Å². The van der Waals surface area contributed by atoms with E-state index in [0.717, 1.165) is 25.9 Å². The summed E-state index contributed by atoms with van der Waals surface area (Å²) >= 11 is 0. The van der Waals surface area contributed by atoms with Crippen LogP contribution in [-0.4, -0.2) is 49.4 Å². The maximum Gasteiger partial charge on any atom is 0.223 e. The summed E-state index contributed by atoms with van der Waals surface area (Å²) in [6.07, 6.45) is 2.23. The molecule has 0 bridgehead atoms. The summed E-state index contributed by atoms with van der Waals surface area (Å²) in [5.41, 5.74) is 0. The molecule has 2 N–H and O–H groups in total. The van der Waals surface area contributed by atoms with E-state index in [1.54, 1.807) is 11.9 Å². The second kappa shape index (κ2) is 7.10. The predicted molar refractivity (Wildman–Crippen MR) is 76.2 cm³/mol. The molecule has 2 rings (SSSR count). The number of hydrogen-bond acceptors (Lipinski definition) is 3. The molecule has 19 heavy (non-hydrogen) atoms. The summed E-state index contributed by atoms with van der Waals surface area (Å²) < 4.78 is 0. The topological polar surface area (TPSA) is 61.4 Å². The number of carbonyl (C=O) groups is 2. The first-order valence-electron chi connectivity index (χ1n) is 6.83. The van der Waals surface area contributed by atoms with Gasteiger partial charge in [-0.2, -0.15) is 0 Å². The third kappa shape index (κ3) is 4.08.